The van der Waals surface area contributed by atoms with Gasteiger partial charge in [-0.1, -0.05) is 0 Å². The van der Waals surface area contributed by atoms with E-state index in [0.29, 0.717) is 81.1 Å². The van der Waals surface area contributed by atoms with Gasteiger partial charge >= 0.3 is 23.9 Å². The second kappa shape index (κ2) is 9.78. The highest BCUT2D eigenvalue weighted by Crippen LogP contribution is 2.51. The SMILES string of the molecule is O=C1Cc2c3c4cc(c2O1)Cc1cc2c(c5c1OC(=O)C5)OCOc1c(cc(c5c1CC(=O)O5)Cc1cc(c(c5c1OC(=O)C5)OCO3)C4)C2. The summed E-state index contributed by atoms with van der Waals surface area (Å²) in [6.07, 6.45) is 1.39. The van der Waals surface area contributed by atoms with Crippen LogP contribution in [0.4, 0.5) is 0 Å². The molecule has 4 aromatic rings. The van der Waals surface area contributed by atoms with Crippen LogP contribution in [0.25, 0.3) is 0 Å². The molecular formula is C38H24O12. The summed E-state index contributed by atoms with van der Waals surface area (Å²) < 4.78 is 48.0. The fourth-order valence-electron chi connectivity index (χ4n) is 8.54. The highest BCUT2D eigenvalue weighted by Gasteiger charge is 2.38. The second-order valence-corrected chi connectivity index (χ2v) is 13.5. The van der Waals surface area contributed by atoms with E-state index in [0.717, 1.165) is 44.5 Å². The fraction of sp³-hybridized carbons (Fsp3) is 0.263. The van der Waals surface area contributed by atoms with E-state index >= 15 is 0 Å². The maximum atomic E-state index is 12.8. The number of carbonyl (C=O) groups excluding carboxylic acids is 4. The van der Waals surface area contributed by atoms with Crippen LogP contribution in [-0.2, 0) is 70.5 Å². The molecule has 50 heavy (non-hydrogen) atoms. The lowest BCUT2D eigenvalue weighted by Crippen LogP contribution is -2.16. The van der Waals surface area contributed by atoms with E-state index in [2.05, 4.69) is 0 Å². The van der Waals surface area contributed by atoms with Gasteiger partial charge in [-0.15, -0.1) is 0 Å². The van der Waals surface area contributed by atoms with Crippen LogP contribution in [0, 0.1) is 0 Å². The lowest BCUT2D eigenvalue weighted by molar-refractivity contribution is -0.132. The van der Waals surface area contributed by atoms with Crippen LogP contribution >= 0.6 is 0 Å². The van der Waals surface area contributed by atoms with Crippen LogP contribution in [0.3, 0.4) is 0 Å². The smallest absolute Gasteiger partial charge is 0.315 e. The average Bonchev–Trinajstić information content (AvgIpc) is 3.84. The topological polar surface area (TPSA) is 142 Å². The molecule has 0 spiro atoms. The third-order valence-corrected chi connectivity index (χ3v) is 10.4. The van der Waals surface area contributed by atoms with Crippen LogP contribution in [-0.4, -0.2) is 37.5 Å². The normalized spacial score (nSPS) is 18.2. The molecule has 0 saturated heterocycles. The Morgan fingerprint density at radius 1 is 0.300 bits per heavy atom. The van der Waals surface area contributed by atoms with Gasteiger partial charge in [0.05, 0.1) is 25.7 Å². The monoisotopic (exact) mass is 672 g/mol. The Labute approximate surface area is 282 Å². The zero-order chi connectivity index (χ0) is 33.4. The minimum absolute atomic E-state index is 0.0303. The van der Waals surface area contributed by atoms with E-state index in [-0.39, 0.29) is 52.1 Å². The first kappa shape index (κ1) is 27.9. The summed E-state index contributed by atoms with van der Waals surface area (Å²) in [4.78, 5) is 51.2. The first-order chi connectivity index (χ1) is 24.3. The first-order valence-electron chi connectivity index (χ1n) is 16.4. The molecule has 1 aliphatic carbocycles. The minimum atomic E-state index is -0.396. The summed E-state index contributed by atoms with van der Waals surface area (Å²) >= 11 is 0. The summed E-state index contributed by atoms with van der Waals surface area (Å²) in [6, 6.07) is 7.89. The van der Waals surface area contributed by atoms with Crippen molar-refractivity contribution in [3.8, 4) is 46.0 Å². The Morgan fingerprint density at radius 2 is 0.520 bits per heavy atom. The number of esters is 4. The van der Waals surface area contributed by atoms with Crippen molar-refractivity contribution in [3.05, 3.63) is 91.0 Å². The maximum Gasteiger partial charge on any atom is 0.315 e. The molecule has 4 aromatic carbocycles. The van der Waals surface area contributed by atoms with Crippen molar-refractivity contribution in [2.75, 3.05) is 13.6 Å². The first-order valence-corrected chi connectivity index (χ1v) is 16.4. The number of hydrogen-bond acceptors (Lipinski definition) is 12. The molecule has 7 aliphatic rings. The highest BCUT2D eigenvalue weighted by molar-refractivity contribution is 5.88. The van der Waals surface area contributed by atoms with Gasteiger partial charge in [-0.3, -0.25) is 19.2 Å². The molecule has 0 unspecified atom stereocenters. The molecule has 0 N–H and O–H groups in total. The molecule has 0 amide bonds. The molecule has 12 nitrogen and oxygen atoms in total. The Morgan fingerprint density at radius 3 is 0.760 bits per heavy atom. The Bertz CT molecular complexity index is 2050. The molecule has 0 atom stereocenters. The number of rotatable bonds is 0. The predicted molar refractivity (Wildman–Crippen MR) is 167 cm³/mol. The van der Waals surface area contributed by atoms with Gasteiger partial charge in [0.1, 0.15) is 46.0 Å². The number of ether oxygens (including phenoxy) is 8. The molecule has 248 valence electrons. The minimum Gasteiger partial charge on any atom is -0.457 e. The van der Waals surface area contributed by atoms with Crippen LogP contribution in [0.15, 0.2) is 24.3 Å². The molecule has 0 fully saturated rings. The Kier molecular flexibility index (Phi) is 5.45. The molecule has 11 rings (SSSR count). The van der Waals surface area contributed by atoms with Gasteiger partial charge in [-0.2, -0.15) is 0 Å². The number of fused-ring (bicyclic) bond motifs is 16. The van der Waals surface area contributed by atoms with E-state index < -0.39 is 23.9 Å². The third kappa shape index (κ3) is 3.92. The molecular weight excluding hydrogens is 648 g/mol. The molecule has 6 aliphatic heterocycles. The van der Waals surface area contributed by atoms with Crippen LogP contribution in [0.1, 0.15) is 66.8 Å². The van der Waals surface area contributed by atoms with Gasteiger partial charge in [0.2, 0.25) is 13.6 Å². The number of benzene rings is 4. The fourth-order valence-corrected chi connectivity index (χ4v) is 8.54. The van der Waals surface area contributed by atoms with E-state index in [9.17, 15) is 19.2 Å². The zero-order valence-corrected chi connectivity index (χ0v) is 26.3. The Balaban J connectivity index is 1.21. The van der Waals surface area contributed by atoms with E-state index in [4.69, 9.17) is 37.9 Å². The van der Waals surface area contributed by atoms with Crippen LogP contribution < -0.4 is 37.9 Å². The van der Waals surface area contributed by atoms with Crippen molar-refractivity contribution in [1.82, 2.24) is 0 Å². The lowest BCUT2D eigenvalue weighted by Gasteiger charge is -2.26. The molecule has 8 bridgehead atoms. The highest BCUT2D eigenvalue weighted by atomic mass is 16.7. The van der Waals surface area contributed by atoms with Gasteiger partial charge < -0.3 is 37.9 Å². The molecule has 0 radical (unpaired) electrons. The second-order valence-electron chi connectivity index (χ2n) is 13.5. The maximum absolute atomic E-state index is 12.8. The van der Waals surface area contributed by atoms with Gasteiger partial charge in [0, 0.05) is 70.2 Å². The molecule has 12 heteroatoms. The zero-order valence-electron chi connectivity index (χ0n) is 26.3. The lowest BCUT2D eigenvalue weighted by atomic mass is 9.87. The molecule has 0 saturated carbocycles. The van der Waals surface area contributed by atoms with E-state index in [1.54, 1.807) is 0 Å². The summed E-state index contributed by atoms with van der Waals surface area (Å²) in [5.74, 6) is 2.19. The van der Waals surface area contributed by atoms with E-state index in [1.165, 1.54) is 0 Å². The predicted octanol–water partition coefficient (Wildman–Crippen LogP) is 3.67. The molecule has 6 heterocycles. The summed E-state index contributed by atoms with van der Waals surface area (Å²) in [6.45, 7) is -0.328. The van der Waals surface area contributed by atoms with Crippen LogP contribution in [0.2, 0.25) is 0 Å². The quantitative estimate of drug-likeness (QED) is 0.175. The van der Waals surface area contributed by atoms with Crippen molar-refractivity contribution in [2.45, 2.75) is 51.4 Å². The van der Waals surface area contributed by atoms with Crippen molar-refractivity contribution < 1.29 is 57.1 Å². The average molecular weight is 673 g/mol. The number of carbonyl (C=O) groups is 4. The summed E-state index contributed by atoms with van der Waals surface area (Å²) in [5, 5.41) is 0. The van der Waals surface area contributed by atoms with Gasteiger partial charge in [0.25, 0.3) is 0 Å². The standard InChI is InChI=1S/C38H24O12/c39-27-9-23-31-15-1-16-4-20(36-24(10-28(40)48-36)32(16)44-13-43-31)8-22-6-18-2-17-5-21(7-19(3-15)35(23)47-27)37-25(11-29(41)49-37)33(17)45-14-46-34(18)26-12-30(42)50-38(22)26/h3-6H,1-2,7-14H2. The summed E-state index contributed by atoms with van der Waals surface area (Å²) in [7, 11) is 0. The number of hydrogen-bond donors (Lipinski definition) is 0. The van der Waals surface area contributed by atoms with Gasteiger partial charge in [0.15, 0.2) is 0 Å². The summed E-state index contributed by atoms with van der Waals surface area (Å²) in [5.41, 5.74) is 8.72. The van der Waals surface area contributed by atoms with Gasteiger partial charge in [-0.05, 0) is 46.5 Å². The third-order valence-electron chi connectivity index (χ3n) is 10.4. The van der Waals surface area contributed by atoms with Crippen molar-refractivity contribution >= 4 is 23.9 Å². The Hall–Kier alpha value is -6.04. The van der Waals surface area contributed by atoms with Gasteiger partial charge in [-0.25, -0.2) is 0 Å². The van der Waals surface area contributed by atoms with Crippen molar-refractivity contribution in [1.29, 1.82) is 0 Å². The van der Waals surface area contributed by atoms with E-state index in [1.807, 2.05) is 24.3 Å². The van der Waals surface area contributed by atoms with Crippen LogP contribution in [0.5, 0.6) is 46.0 Å². The molecule has 0 aromatic heterocycles. The van der Waals surface area contributed by atoms with Crippen molar-refractivity contribution in [3.63, 3.8) is 0 Å². The van der Waals surface area contributed by atoms with Crippen molar-refractivity contribution in [2.24, 2.45) is 0 Å². The largest absolute Gasteiger partial charge is 0.457 e.